The van der Waals surface area contributed by atoms with E-state index in [0.717, 1.165) is 0 Å². The number of nitrogen functional groups attached to an aromatic ring is 1. The third-order valence-electron chi connectivity index (χ3n) is 3.53. The highest BCUT2D eigenvalue weighted by Gasteiger charge is 2.47. The number of hydrogen-bond acceptors (Lipinski definition) is 4. The summed E-state index contributed by atoms with van der Waals surface area (Å²) in [5.74, 6) is -0.800. The number of anilines is 1. The number of carbonyl (C=O) groups is 1. The molecule has 1 aromatic rings. The van der Waals surface area contributed by atoms with Gasteiger partial charge in [0.25, 0.3) is 0 Å². The highest BCUT2D eigenvalue weighted by molar-refractivity contribution is 5.96. The molecule has 0 aliphatic carbocycles. The number of benzene rings is 1. The number of carboxylic acids is 1. The monoisotopic (exact) mass is 279 g/mol. The van der Waals surface area contributed by atoms with E-state index < -0.39 is 11.6 Å². The van der Waals surface area contributed by atoms with Gasteiger partial charge in [0.05, 0.1) is 5.60 Å². The van der Waals surface area contributed by atoms with Crippen LogP contribution < -0.4 is 10.5 Å². The molecule has 1 heterocycles. The van der Waals surface area contributed by atoms with Crippen LogP contribution in [0.15, 0.2) is 18.2 Å². The summed E-state index contributed by atoms with van der Waals surface area (Å²) in [5.41, 5.74) is 5.16. The zero-order valence-electron chi connectivity index (χ0n) is 12.3. The lowest BCUT2D eigenvalue weighted by atomic mass is 9.97. The van der Waals surface area contributed by atoms with Crippen LogP contribution in [0.2, 0.25) is 0 Å². The maximum atomic E-state index is 11.3. The second kappa shape index (κ2) is 4.66. The van der Waals surface area contributed by atoms with Crippen LogP contribution in [0.1, 0.15) is 44.5 Å². The minimum atomic E-state index is -1.09. The van der Waals surface area contributed by atoms with E-state index in [1.54, 1.807) is 18.2 Å². The van der Waals surface area contributed by atoms with Gasteiger partial charge in [-0.3, -0.25) is 0 Å². The minimum absolute atomic E-state index is 0.00741. The van der Waals surface area contributed by atoms with E-state index in [1.807, 2.05) is 27.7 Å². The number of nitrogens with two attached hydrogens (primary N) is 1. The van der Waals surface area contributed by atoms with Gasteiger partial charge in [-0.1, -0.05) is 6.07 Å². The average molecular weight is 279 g/mol. The Kier molecular flexibility index (Phi) is 3.42. The SMILES string of the molecule is CC1(C)CC(Oc2cccc(N)c2C(=O)O)C(C)(C)O1. The third-order valence-corrected chi connectivity index (χ3v) is 3.53. The van der Waals surface area contributed by atoms with E-state index in [0.29, 0.717) is 6.42 Å². The molecule has 110 valence electrons. The Balaban J connectivity index is 2.32. The first kappa shape index (κ1) is 14.7. The summed E-state index contributed by atoms with van der Waals surface area (Å²) in [6, 6.07) is 4.86. The van der Waals surface area contributed by atoms with Crippen molar-refractivity contribution in [2.75, 3.05) is 5.73 Å². The summed E-state index contributed by atoms with van der Waals surface area (Å²) in [7, 11) is 0. The second-order valence-corrected chi connectivity index (χ2v) is 6.30. The Labute approximate surface area is 118 Å². The first-order valence-corrected chi connectivity index (χ1v) is 6.61. The van der Waals surface area contributed by atoms with Crippen molar-refractivity contribution in [2.24, 2.45) is 0 Å². The molecule has 20 heavy (non-hydrogen) atoms. The van der Waals surface area contributed by atoms with Crippen molar-refractivity contribution in [3.63, 3.8) is 0 Å². The van der Waals surface area contributed by atoms with Crippen LogP contribution in [0.4, 0.5) is 5.69 Å². The fourth-order valence-electron chi connectivity index (χ4n) is 2.72. The van der Waals surface area contributed by atoms with Crippen molar-refractivity contribution >= 4 is 11.7 Å². The highest BCUT2D eigenvalue weighted by Crippen LogP contribution is 2.40. The smallest absolute Gasteiger partial charge is 0.341 e. The lowest BCUT2D eigenvalue weighted by Crippen LogP contribution is -2.37. The van der Waals surface area contributed by atoms with Gasteiger partial charge in [0.2, 0.25) is 0 Å². The maximum Gasteiger partial charge on any atom is 0.341 e. The summed E-state index contributed by atoms with van der Waals surface area (Å²) >= 11 is 0. The zero-order chi connectivity index (χ0) is 15.1. The number of carboxylic acid groups (broad SMARTS) is 1. The minimum Gasteiger partial charge on any atom is -0.486 e. The molecule has 1 fully saturated rings. The summed E-state index contributed by atoms with van der Waals surface area (Å²) in [4.78, 5) is 11.3. The Bertz CT molecular complexity index is 537. The predicted molar refractivity (Wildman–Crippen MR) is 76.1 cm³/mol. The quantitative estimate of drug-likeness (QED) is 0.831. The predicted octanol–water partition coefficient (Wildman–Crippen LogP) is 2.69. The molecule has 0 spiro atoms. The van der Waals surface area contributed by atoms with Gasteiger partial charge in [-0.25, -0.2) is 4.79 Å². The van der Waals surface area contributed by atoms with Gasteiger partial charge in [-0.2, -0.15) is 0 Å². The van der Waals surface area contributed by atoms with E-state index >= 15 is 0 Å². The molecule has 0 bridgehead atoms. The number of hydrogen-bond donors (Lipinski definition) is 2. The van der Waals surface area contributed by atoms with Crippen molar-refractivity contribution in [1.82, 2.24) is 0 Å². The summed E-state index contributed by atoms with van der Waals surface area (Å²) in [5, 5.41) is 9.26. The van der Waals surface area contributed by atoms with Crippen LogP contribution >= 0.6 is 0 Å². The fraction of sp³-hybridized carbons (Fsp3) is 0.533. The molecule has 0 amide bonds. The molecule has 0 radical (unpaired) electrons. The van der Waals surface area contributed by atoms with E-state index in [1.165, 1.54) is 0 Å². The average Bonchev–Trinajstić information content (AvgIpc) is 2.45. The lowest BCUT2D eigenvalue weighted by Gasteiger charge is -2.28. The zero-order valence-corrected chi connectivity index (χ0v) is 12.3. The van der Waals surface area contributed by atoms with Crippen LogP contribution in [0.3, 0.4) is 0 Å². The molecule has 1 atom stereocenters. The third kappa shape index (κ3) is 2.72. The molecule has 5 heteroatoms. The standard InChI is InChI=1S/C15H21NO4/c1-14(2)8-11(15(3,4)20-14)19-10-7-5-6-9(16)12(10)13(17)18/h5-7,11H,8,16H2,1-4H3,(H,17,18). The van der Waals surface area contributed by atoms with E-state index in [4.69, 9.17) is 15.2 Å². The normalized spacial score (nSPS) is 23.5. The van der Waals surface area contributed by atoms with Crippen molar-refractivity contribution in [2.45, 2.75) is 51.4 Å². The molecule has 1 aliphatic rings. The number of rotatable bonds is 3. The van der Waals surface area contributed by atoms with Crippen LogP contribution in [-0.2, 0) is 4.74 Å². The fourth-order valence-corrected chi connectivity index (χ4v) is 2.72. The van der Waals surface area contributed by atoms with Crippen molar-refractivity contribution < 1.29 is 19.4 Å². The van der Waals surface area contributed by atoms with Gasteiger partial charge in [0.1, 0.15) is 23.0 Å². The topological polar surface area (TPSA) is 81.8 Å². The van der Waals surface area contributed by atoms with E-state index in [9.17, 15) is 9.90 Å². The molecule has 1 aromatic carbocycles. The number of ether oxygens (including phenoxy) is 2. The molecule has 0 aromatic heterocycles. The molecule has 1 unspecified atom stereocenters. The molecule has 5 nitrogen and oxygen atoms in total. The van der Waals surface area contributed by atoms with Crippen molar-refractivity contribution in [3.05, 3.63) is 23.8 Å². The first-order chi connectivity index (χ1) is 9.12. The Morgan fingerprint density at radius 3 is 2.55 bits per heavy atom. The van der Waals surface area contributed by atoms with Gasteiger partial charge in [0.15, 0.2) is 0 Å². The molecule has 1 aliphatic heterocycles. The van der Waals surface area contributed by atoms with E-state index in [-0.39, 0.29) is 28.7 Å². The van der Waals surface area contributed by atoms with Crippen LogP contribution in [0.5, 0.6) is 5.75 Å². The molecule has 1 saturated heterocycles. The van der Waals surface area contributed by atoms with Crippen LogP contribution in [-0.4, -0.2) is 28.4 Å². The van der Waals surface area contributed by atoms with Gasteiger partial charge in [0, 0.05) is 12.1 Å². The summed E-state index contributed by atoms with van der Waals surface area (Å²) < 4.78 is 11.9. The first-order valence-electron chi connectivity index (χ1n) is 6.61. The molecular weight excluding hydrogens is 258 g/mol. The van der Waals surface area contributed by atoms with E-state index in [2.05, 4.69) is 0 Å². The molecule has 0 saturated carbocycles. The molecule has 2 rings (SSSR count). The molecular formula is C15H21NO4. The van der Waals surface area contributed by atoms with Crippen LogP contribution in [0.25, 0.3) is 0 Å². The lowest BCUT2D eigenvalue weighted by molar-refractivity contribution is -0.0846. The Morgan fingerprint density at radius 2 is 2.05 bits per heavy atom. The van der Waals surface area contributed by atoms with Gasteiger partial charge in [-0.15, -0.1) is 0 Å². The second-order valence-electron chi connectivity index (χ2n) is 6.30. The summed E-state index contributed by atoms with van der Waals surface area (Å²) in [6.45, 7) is 7.88. The van der Waals surface area contributed by atoms with Gasteiger partial charge in [-0.05, 0) is 39.8 Å². The van der Waals surface area contributed by atoms with Gasteiger partial charge < -0.3 is 20.3 Å². The largest absolute Gasteiger partial charge is 0.486 e. The van der Waals surface area contributed by atoms with Crippen molar-refractivity contribution in [1.29, 1.82) is 0 Å². The van der Waals surface area contributed by atoms with Gasteiger partial charge >= 0.3 is 5.97 Å². The van der Waals surface area contributed by atoms with Crippen molar-refractivity contribution in [3.8, 4) is 5.75 Å². The summed E-state index contributed by atoms with van der Waals surface area (Å²) in [6.07, 6.45) is 0.464. The van der Waals surface area contributed by atoms with Crippen LogP contribution in [0, 0.1) is 0 Å². The number of aromatic carboxylic acids is 1. The molecule has 3 N–H and O–H groups in total. The maximum absolute atomic E-state index is 11.3. The Morgan fingerprint density at radius 1 is 1.40 bits per heavy atom. The highest BCUT2D eigenvalue weighted by atomic mass is 16.6. The Hall–Kier alpha value is -1.75.